The zero-order valence-electron chi connectivity index (χ0n) is 24.9. The number of carboxylic acid groups (broad SMARTS) is 1. The highest BCUT2D eigenvalue weighted by Crippen LogP contribution is 2.43. The van der Waals surface area contributed by atoms with Crippen LogP contribution >= 0.6 is 15.9 Å². The van der Waals surface area contributed by atoms with Gasteiger partial charge in [0.1, 0.15) is 5.54 Å². The average Bonchev–Trinajstić information content (AvgIpc) is 3.42. The number of hydrogen-bond acceptors (Lipinski definition) is 4. The highest BCUT2D eigenvalue weighted by atomic mass is 79.9. The fraction of sp³-hybridized carbons (Fsp3) is 0.250. The first kappa shape index (κ1) is 30.6. The third-order valence-corrected chi connectivity index (χ3v) is 9.15. The first-order valence-electron chi connectivity index (χ1n) is 15.3. The molecular formula is C36H36BrN5O3. The Morgan fingerprint density at radius 2 is 1.40 bits per heavy atom. The van der Waals surface area contributed by atoms with Gasteiger partial charge in [0.2, 0.25) is 5.91 Å². The molecule has 230 valence electrons. The monoisotopic (exact) mass is 665 g/mol. The number of aromatic nitrogens is 2. The van der Waals surface area contributed by atoms with E-state index in [-0.39, 0.29) is 11.8 Å². The second-order valence-corrected chi connectivity index (χ2v) is 12.3. The maximum Gasteiger partial charge on any atom is 0.404 e. The summed E-state index contributed by atoms with van der Waals surface area (Å²) in [7, 11) is 0. The molecule has 1 aromatic heterocycles. The number of rotatable bonds is 10. The summed E-state index contributed by atoms with van der Waals surface area (Å²) < 4.78 is 2.97. The quantitative estimate of drug-likeness (QED) is 0.111. The number of carbonyl (C=O) groups excluding carboxylic acids is 1. The number of fused-ring (bicyclic) bond motifs is 1. The van der Waals surface area contributed by atoms with Gasteiger partial charge in [-0.05, 0) is 73.8 Å². The van der Waals surface area contributed by atoms with Gasteiger partial charge in [-0.15, -0.1) is 0 Å². The van der Waals surface area contributed by atoms with Crippen molar-refractivity contribution in [3.05, 3.63) is 130 Å². The van der Waals surface area contributed by atoms with E-state index < -0.39 is 11.6 Å². The van der Waals surface area contributed by atoms with Crippen LogP contribution in [0.3, 0.4) is 0 Å². The van der Waals surface area contributed by atoms with E-state index in [1.807, 2.05) is 30.3 Å². The predicted octanol–water partition coefficient (Wildman–Crippen LogP) is 6.95. The molecule has 3 N–H and O–H groups in total. The van der Waals surface area contributed by atoms with Gasteiger partial charge in [0, 0.05) is 22.3 Å². The second kappa shape index (κ2) is 13.7. The third-order valence-electron chi connectivity index (χ3n) is 8.66. The summed E-state index contributed by atoms with van der Waals surface area (Å²) in [6.07, 6.45) is 1.22. The Bertz CT molecular complexity index is 1660. The molecule has 2 amide bonds. The summed E-state index contributed by atoms with van der Waals surface area (Å²) in [5.41, 5.74) is 3.24. The number of likely N-dealkylation sites (tertiary alicyclic amines) is 1. The van der Waals surface area contributed by atoms with Crippen LogP contribution in [0.2, 0.25) is 0 Å². The summed E-state index contributed by atoms with van der Waals surface area (Å²) in [5.74, 6) is 0.372. The maximum absolute atomic E-state index is 13.7. The smallest absolute Gasteiger partial charge is 0.404 e. The van der Waals surface area contributed by atoms with Crippen molar-refractivity contribution in [2.45, 2.75) is 24.8 Å². The molecule has 9 heteroatoms. The number of halogens is 1. The molecule has 2 heterocycles. The zero-order valence-corrected chi connectivity index (χ0v) is 26.5. The van der Waals surface area contributed by atoms with Crippen molar-refractivity contribution in [3.63, 3.8) is 0 Å². The predicted molar refractivity (Wildman–Crippen MR) is 180 cm³/mol. The summed E-state index contributed by atoms with van der Waals surface area (Å²) in [5, 5.41) is 20.5. The van der Waals surface area contributed by atoms with Crippen LogP contribution in [-0.4, -0.2) is 58.0 Å². The number of anilines is 1. The SMILES string of the molecule is O=C(O)NCCCN1CCC(C(=O)Nc2nn(C(c3ccccc3)(c3ccccc3)c3ccccc3)c3ccc(Br)cc23)CC1. The number of nitrogens with zero attached hydrogens (tertiary/aromatic N) is 3. The summed E-state index contributed by atoms with van der Waals surface area (Å²) in [6.45, 7) is 2.83. The van der Waals surface area contributed by atoms with Gasteiger partial charge in [-0.2, -0.15) is 5.10 Å². The molecule has 0 radical (unpaired) electrons. The number of nitrogens with one attached hydrogen (secondary N) is 2. The van der Waals surface area contributed by atoms with Crippen molar-refractivity contribution < 1.29 is 14.7 Å². The molecule has 5 aromatic rings. The lowest BCUT2D eigenvalue weighted by molar-refractivity contribution is -0.121. The second-order valence-electron chi connectivity index (χ2n) is 11.4. The van der Waals surface area contributed by atoms with E-state index in [9.17, 15) is 9.59 Å². The Morgan fingerprint density at radius 3 is 1.93 bits per heavy atom. The van der Waals surface area contributed by atoms with E-state index in [2.05, 4.69) is 115 Å². The number of piperidine rings is 1. The van der Waals surface area contributed by atoms with Crippen LogP contribution in [0.25, 0.3) is 10.9 Å². The largest absolute Gasteiger partial charge is 0.465 e. The van der Waals surface area contributed by atoms with Crippen LogP contribution in [0.5, 0.6) is 0 Å². The molecule has 1 fully saturated rings. The highest BCUT2D eigenvalue weighted by Gasteiger charge is 2.41. The van der Waals surface area contributed by atoms with Crippen molar-refractivity contribution in [1.29, 1.82) is 0 Å². The molecule has 0 saturated carbocycles. The van der Waals surface area contributed by atoms with Crippen LogP contribution in [0.15, 0.2) is 114 Å². The van der Waals surface area contributed by atoms with Gasteiger partial charge < -0.3 is 20.6 Å². The Hall–Kier alpha value is -4.47. The standard InChI is InChI=1S/C36H36BrN5O3/c37-30-17-18-32-31(25-30)33(39-34(43)26-19-23-41(24-20-26)22-10-21-38-35(44)45)40-42(32)36(27-11-4-1-5-12-27,28-13-6-2-7-14-28)29-15-8-3-9-16-29/h1-9,11-18,25-26,38H,10,19-24H2,(H,44,45)(H,39,40,43). The Labute approximate surface area is 271 Å². The number of benzene rings is 4. The molecule has 0 bridgehead atoms. The van der Waals surface area contributed by atoms with E-state index in [4.69, 9.17) is 10.2 Å². The molecule has 8 nitrogen and oxygen atoms in total. The first-order chi connectivity index (χ1) is 22.0. The van der Waals surface area contributed by atoms with Crippen molar-refractivity contribution >= 4 is 44.7 Å². The van der Waals surface area contributed by atoms with Gasteiger partial charge in [-0.25, -0.2) is 9.48 Å². The number of carbonyl (C=O) groups is 2. The average molecular weight is 667 g/mol. The summed E-state index contributed by atoms with van der Waals surface area (Å²) in [4.78, 5) is 26.7. The van der Waals surface area contributed by atoms with Crippen molar-refractivity contribution in [2.24, 2.45) is 5.92 Å². The molecule has 1 aliphatic rings. The molecule has 0 spiro atoms. The first-order valence-corrected chi connectivity index (χ1v) is 16.1. The lowest BCUT2D eigenvalue weighted by Crippen LogP contribution is -2.40. The van der Waals surface area contributed by atoms with Gasteiger partial charge in [0.05, 0.1) is 5.52 Å². The molecule has 45 heavy (non-hydrogen) atoms. The fourth-order valence-electron chi connectivity index (χ4n) is 6.48. The van der Waals surface area contributed by atoms with Crippen LogP contribution in [0.4, 0.5) is 10.6 Å². The van der Waals surface area contributed by atoms with Gasteiger partial charge in [0.15, 0.2) is 5.82 Å². The van der Waals surface area contributed by atoms with Crippen molar-refractivity contribution in [2.75, 3.05) is 31.5 Å². The Kier molecular flexibility index (Phi) is 9.28. The van der Waals surface area contributed by atoms with Crippen LogP contribution in [0, 0.1) is 5.92 Å². The van der Waals surface area contributed by atoms with Crippen LogP contribution < -0.4 is 10.6 Å². The molecular weight excluding hydrogens is 630 g/mol. The minimum Gasteiger partial charge on any atom is -0.465 e. The van der Waals surface area contributed by atoms with E-state index in [0.717, 1.165) is 71.0 Å². The Balaban J connectivity index is 1.37. The van der Waals surface area contributed by atoms with E-state index in [1.54, 1.807) is 0 Å². The molecule has 4 aromatic carbocycles. The van der Waals surface area contributed by atoms with E-state index >= 15 is 0 Å². The lowest BCUT2D eigenvalue weighted by Gasteiger charge is -2.37. The number of amides is 2. The van der Waals surface area contributed by atoms with E-state index in [1.165, 1.54) is 0 Å². The number of hydrogen-bond donors (Lipinski definition) is 3. The van der Waals surface area contributed by atoms with Gasteiger partial charge in [-0.3, -0.25) is 4.79 Å². The van der Waals surface area contributed by atoms with Gasteiger partial charge >= 0.3 is 6.09 Å². The maximum atomic E-state index is 13.7. The van der Waals surface area contributed by atoms with Crippen LogP contribution in [-0.2, 0) is 10.3 Å². The van der Waals surface area contributed by atoms with Crippen LogP contribution in [0.1, 0.15) is 36.0 Å². The van der Waals surface area contributed by atoms with E-state index in [0.29, 0.717) is 12.4 Å². The minimum absolute atomic E-state index is 0.0292. The molecule has 6 rings (SSSR count). The van der Waals surface area contributed by atoms with Crippen molar-refractivity contribution in [1.82, 2.24) is 20.0 Å². The minimum atomic E-state index is -0.999. The normalized spacial score (nSPS) is 14.3. The molecule has 0 atom stereocenters. The molecule has 0 unspecified atom stereocenters. The lowest BCUT2D eigenvalue weighted by atomic mass is 9.77. The molecule has 1 saturated heterocycles. The topological polar surface area (TPSA) is 99.5 Å². The molecule has 1 aliphatic heterocycles. The van der Waals surface area contributed by atoms with Gasteiger partial charge in [-0.1, -0.05) is 107 Å². The fourth-order valence-corrected chi connectivity index (χ4v) is 6.84. The summed E-state index contributed by atoms with van der Waals surface area (Å²) in [6, 6.07) is 37.3. The zero-order chi connectivity index (χ0) is 31.2. The third kappa shape index (κ3) is 6.36. The van der Waals surface area contributed by atoms with Gasteiger partial charge in [0.25, 0.3) is 0 Å². The Morgan fingerprint density at radius 1 is 0.844 bits per heavy atom. The summed E-state index contributed by atoms with van der Waals surface area (Å²) >= 11 is 3.65. The van der Waals surface area contributed by atoms with Crippen molar-refractivity contribution in [3.8, 4) is 0 Å². The highest BCUT2D eigenvalue weighted by molar-refractivity contribution is 9.10. The molecule has 0 aliphatic carbocycles.